The van der Waals surface area contributed by atoms with Gasteiger partial charge in [0.15, 0.2) is 0 Å². The third-order valence-corrected chi connectivity index (χ3v) is 3.81. The Bertz CT molecular complexity index is 590. The van der Waals surface area contributed by atoms with Crippen molar-refractivity contribution in [3.63, 3.8) is 0 Å². The Morgan fingerprint density at radius 3 is 2.48 bits per heavy atom. The molecular weight excluding hydrogens is 258 g/mol. The lowest BCUT2D eigenvalue weighted by atomic mass is 9.99. The molecule has 0 aliphatic heterocycles. The molecule has 2 aromatic carbocycles. The molecule has 0 aromatic heterocycles. The van der Waals surface area contributed by atoms with E-state index in [0.717, 1.165) is 31.4 Å². The third-order valence-electron chi connectivity index (χ3n) is 3.81. The van der Waals surface area contributed by atoms with Gasteiger partial charge in [-0.15, -0.1) is 0 Å². The van der Waals surface area contributed by atoms with E-state index in [2.05, 4.69) is 54.7 Å². The van der Waals surface area contributed by atoms with Crippen molar-refractivity contribution in [2.24, 2.45) is 0 Å². The van der Waals surface area contributed by atoms with E-state index in [4.69, 9.17) is 4.74 Å². The maximum Gasteiger partial charge on any atom is 0.127 e. The van der Waals surface area contributed by atoms with Gasteiger partial charge in [-0.05, 0) is 36.5 Å². The Kier molecular flexibility index (Phi) is 4.56. The fraction of sp³-hybridized carbons (Fsp3) is 0.368. The molecule has 21 heavy (non-hydrogen) atoms. The fourth-order valence-corrected chi connectivity index (χ4v) is 2.51. The summed E-state index contributed by atoms with van der Waals surface area (Å²) in [5.74, 6) is 0.984. The van der Waals surface area contributed by atoms with Gasteiger partial charge in [-0.25, -0.2) is 0 Å². The average molecular weight is 281 g/mol. The minimum atomic E-state index is 0.727. The summed E-state index contributed by atoms with van der Waals surface area (Å²) in [6, 6.07) is 17.7. The van der Waals surface area contributed by atoms with Crippen molar-refractivity contribution < 1.29 is 4.74 Å². The molecule has 0 amide bonds. The number of benzene rings is 2. The van der Waals surface area contributed by atoms with E-state index in [9.17, 15) is 0 Å². The zero-order valence-corrected chi connectivity index (χ0v) is 12.6. The minimum absolute atomic E-state index is 0.727. The summed E-state index contributed by atoms with van der Waals surface area (Å²) < 4.78 is 5.91. The molecule has 2 aromatic rings. The quantitative estimate of drug-likeness (QED) is 0.812. The van der Waals surface area contributed by atoms with E-state index < -0.39 is 0 Å². The molecule has 0 saturated heterocycles. The van der Waals surface area contributed by atoms with E-state index in [1.165, 1.54) is 29.5 Å². The largest absolute Gasteiger partial charge is 0.493 e. The van der Waals surface area contributed by atoms with E-state index in [1.807, 2.05) is 6.07 Å². The van der Waals surface area contributed by atoms with Gasteiger partial charge in [-0.3, -0.25) is 0 Å². The molecule has 0 unspecified atom stereocenters. The molecule has 3 rings (SSSR count). The second-order valence-corrected chi connectivity index (χ2v) is 5.66. The summed E-state index contributed by atoms with van der Waals surface area (Å²) in [5, 5.41) is 3.60. The highest BCUT2D eigenvalue weighted by atomic mass is 16.5. The standard InChI is InChI=1S/C19H23NO/c1-2-13-21-19-10-6-5-9-18(19)17-8-4-3-7-15(17)14-20-16-11-12-16/h3-10,16,20H,2,11-14H2,1H3. The summed E-state index contributed by atoms with van der Waals surface area (Å²) in [4.78, 5) is 0. The van der Waals surface area contributed by atoms with Crippen LogP contribution in [0.15, 0.2) is 48.5 Å². The van der Waals surface area contributed by atoms with Crippen LogP contribution >= 0.6 is 0 Å². The van der Waals surface area contributed by atoms with Gasteiger partial charge in [0.25, 0.3) is 0 Å². The highest BCUT2D eigenvalue weighted by Crippen LogP contribution is 2.32. The van der Waals surface area contributed by atoms with Crippen LogP contribution in [0, 0.1) is 0 Å². The molecule has 1 N–H and O–H groups in total. The van der Waals surface area contributed by atoms with Gasteiger partial charge in [0.05, 0.1) is 6.61 Å². The van der Waals surface area contributed by atoms with Gasteiger partial charge in [-0.2, -0.15) is 0 Å². The van der Waals surface area contributed by atoms with Crippen LogP contribution in [0.4, 0.5) is 0 Å². The van der Waals surface area contributed by atoms with Crippen molar-refractivity contribution in [1.82, 2.24) is 5.32 Å². The van der Waals surface area contributed by atoms with Crippen molar-refractivity contribution in [2.45, 2.75) is 38.8 Å². The van der Waals surface area contributed by atoms with Crippen molar-refractivity contribution in [3.05, 3.63) is 54.1 Å². The van der Waals surface area contributed by atoms with E-state index in [0.29, 0.717) is 0 Å². The number of rotatable bonds is 7. The molecule has 2 heteroatoms. The molecule has 1 fully saturated rings. The van der Waals surface area contributed by atoms with Crippen LogP contribution in [-0.2, 0) is 6.54 Å². The van der Waals surface area contributed by atoms with Gasteiger partial charge in [0, 0.05) is 18.2 Å². The zero-order valence-electron chi connectivity index (χ0n) is 12.6. The van der Waals surface area contributed by atoms with E-state index in [-0.39, 0.29) is 0 Å². The lowest BCUT2D eigenvalue weighted by Crippen LogP contribution is -2.15. The van der Waals surface area contributed by atoms with Gasteiger partial charge in [0.1, 0.15) is 5.75 Å². The lowest BCUT2D eigenvalue weighted by molar-refractivity contribution is 0.318. The number of nitrogens with one attached hydrogen (secondary N) is 1. The summed E-state index contributed by atoms with van der Waals surface area (Å²) in [7, 11) is 0. The molecule has 2 nitrogen and oxygen atoms in total. The van der Waals surface area contributed by atoms with Crippen LogP contribution < -0.4 is 10.1 Å². The summed E-state index contributed by atoms with van der Waals surface area (Å²) >= 11 is 0. The lowest BCUT2D eigenvalue weighted by Gasteiger charge is -2.15. The Labute approximate surface area is 127 Å². The zero-order chi connectivity index (χ0) is 14.5. The topological polar surface area (TPSA) is 21.3 Å². The predicted molar refractivity (Wildman–Crippen MR) is 87.5 cm³/mol. The van der Waals surface area contributed by atoms with Crippen molar-refractivity contribution in [3.8, 4) is 16.9 Å². The first kappa shape index (κ1) is 14.2. The molecule has 1 aliphatic carbocycles. The molecule has 0 spiro atoms. The second kappa shape index (κ2) is 6.77. The smallest absolute Gasteiger partial charge is 0.127 e. The second-order valence-electron chi connectivity index (χ2n) is 5.66. The minimum Gasteiger partial charge on any atom is -0.493 e. The van der Waals surface area contributed by atoms with Gasteiger partial charge >= 0.3 is 0 Å². The van der Waals surface area contributed by atoms with Crippen molar-refractivity contribution in [2.75, 3.05) is 6.61 Å². The van der Waals surface area contributed by atoms with Crippen LogP contribution in [0.2, 0.25) is 0 Å². The molecule has 1 aliphatic rings. The molecule has 0 radical (unpaired) electrons. The maximum absolute atomic E-state index is 5.91. The van der Waals surface area contributed by atoms with Crippen molar-refractivity contribution >= 4 is 0 Å². The van der Waals surface area contributed by atoms with E-state index in [1.54, 1.807) is 0 Å². The molecule has 0 bridgehead atoms. The molecule has 1 saturated carbocycles. The normalized spacial score (nSPS) is 14.1. The Morgan fingerprint density at radius 1 is 1.00 bits per heavy atom. The predicted octanol–water partition coefficient (Wildman–Crippen LogP) is 4.39. The first-order chi connectivity index (χ1) is 10.4. The summed E-state index contributed by atoms with van der Waals surface area (Å²) in [6.07, 6.45) is 3.66. The number of ether oxygens (including phenoxy) is 1. The highest BCUT2D eigenvalue weighted by molar-refractivity contribution is 5.73. The van der Waals surface area contributed by atoms with Crippen LogP contribution in [0.5, 0.6) is 5.75 Å². The van der Waals surface area contributed by atoms with Crippen LogP contribution in [-0.4, -0.2) is 12.6 Å². The molecule has 110 valence electrons. The van der Waals surface area contributed by atoms with Crippen molar-refractivity contribution in [1.29, 1.82) is 0 Å². The van der Waals surface area contributed by atoms with Gasteiger partial charge in [0.2, 0.25) is 0 Å². The van der Waals surface area contributed by atoms with Crippen LogP contribution in [0.1, 0.15) is 31.7 Å². The Morgan fingerprint density at radius 2 is 1.71 bits per heavy atom. The Hall–Kier alpha value is -1.80. The average Bonchev–Trinajstić information content (AvgIpc) is 3.36. The van der Waals surface area contributed by atoms with E-state index >= 15 is 0 Å². The van der Waals surface area contributed by atoms with Crippen LogP contribution in [0.25, 0.3) is 11.1 Å². The molecule has 0 heterocycles. The van der Waals surface area contributed by atoms with Crippen LogP contribution in [0.3, 0.4) is 0 Å². The SMILES string of the molecule is CCCOc1ccccc1-c1ccccc1CNC1CC1. The Balaban J connectivity index is 1.88. The molecule has 0 atom stereocenters. The van der Waals surface area contributed by atoms with Gasteiger partial charge < -0.3 is 10.1 Å². The number of hydrogen-bond acceptors (Lipinski definition) is 2. The number of para-hydroxylation sites is 1. The first-order valence-corrected chi connectivity index (χ1v) is 7.92. The summed E-state index contributed by atoms with van der Waals surface area (Å²) in [5.41, 5.74) is 3.81. The fourth-order valence-electron chi connectivity index (χ4n) is 2.51. The maximum atomic E-state index is 5.91. The monoisotopic (exact) mass is 281 g/mol. The first-order valence-electron chi connectivity index (χ1n) is 7.92. The third kappa shape index (κ3) is 3.64. The number of hydrogen-bond donors (Lipinski definition) is 1. The highest BCUT2D eigenvalue weighted by Gasteiger charge is 2.20. The molecular formula is C19H23NO. The summed E-state index contributed by atoms with van der Waals surface area (Å²) in [6.45, 7) is 3.83. The van der Waals surface area contributed by atoms with Gasteiger partial charge in [-0.1, -0.05) is 49.4 Å².